The summed E-state index contributed by atoms with van der Waals surface area (Å²) in [6.07, 6.45) is 4.30. The fraction of sp³-hybridized carbons (Fsp3) is 0.615. The topological polar surface area (TPSA) is 96.3 Å². The van der Waals surface area contributed by atoms with Crippen molar-refractivity contribution in [2.45, 2.75) is 38.0 Å². The minimum Gasteiger partial charge on any atom is -0.356 e. The lowest BCUT2D eigenvalue weighted by Crippen LogP contribution is -2.42. The number of primary sulfonamides is 1. The first-order valence-corrected chi connectivity index (χ1v) is 8.30. The molecule has 0 aliphatic carbocycles. The molecule has 0 radical (unpaired) electrons. The van der Waals surface area contributed by atoms with Gasteiger partial charge in [0.1, 0.15) is 5.69 Å². The highest BCUT2D eigenvalue weighted by Gasteiger charge is 2.31. The van der Waals surface area contributed by atoms with Crippen LogP contribution in [0.5, 0.6) is 0 Å². The number of nitrogens with two attached hydrogens (primary N) is 1. The first-order chi connectivity index (χ1) is 9.25. The zero-order chi connectivity index (χ0) is 15.0. The zero-order valence-electron chi connectivity index (χ0n) is 11.8. The van der Waals surface area contributed by atoms with E-state index in [1.165, 1.54) is 12.3 Å². The average molecular weight is 299 g/mol. The third-order valence-corrected chi connectivity index (χ3v) is 5.22. The summed E-state index contributed by atoms with van der Waals surface area (Å²) in [6, 6.07) is 1.30. The van der Waals surface area contributed by atoms with E-state index in [-0.39, 0.29) is 16.5 Å². The van der Waals surface area contributed by atoms with Crippen molar-refractivity contribution in [3.05, 3.63) is 18.0 Å². The van der Waals surface area contributed by atoms with Crippen molar-refractivity contribution in [3.8, 4) is 0 Å². The Morgan fingerprint density at radius 3 is 2.50 bits per heavy atom. The maximum Gasteiger partial charge on any atom is 0.270 e. The van der Waals surface area contributed by atoms with E-state index in [1.54, 1.807) is 4.90 Å². The molecule has 1 aliphatic rings. The van der Waals surface area contributed by atoms with Crippen LogP contribution in [-0.4, -0.2) is 37.3 Å². The van der Waals surface area contributed by atoms with Crippen LogP contribution in [0.25, 0.3) is 0 Å². The van der Waals surface area contributed by atoms with Gasteiger partial charge in [0.15, 0.2) is 0 Å². The van der Waals surface area contributed by atoms with Gasteiger partial charge in [-0.25, -0.2) is 13.6 Å². The highest BCUT2D eigenvalue weighted by Crippen LogP contribution is 2.34. The Kier molecular flexibility index (Phi) is 3.93. The van der Waals surface area contributed by atoms with Crippen molar-refractivity contribution in [2.24, 2.45) is 10.6 Å². The van der Waals surface area contributed by atoms with Crippen LogP contribution in [0.2, 0.25) is 0 Å². The second kappa shape index (κ2) is 5.21. The number of H-pyrrole nitrogens is 1. The molecule has 0 atom stereocenters. The predicted molar refractivity (Wildman–Crippen MR) is 75.7 cm³/mol. The molecule has 1 saturated heterocycles. The van der Waals surface area contributed by atoms with E-state index in [9.17, 15) is 13.2 Å². The first kappa shape index (κ1) is 15.1. The molecule has 1 aromatic rings. The van der Waals surface area contributed by atoms with Gasteiger partial charge in [0.2, 0.25) is 10.0 Å². The third-order valence-electron chi connectivity index (χ3n) is 4.33. The van der Waals surface area contributed by atoms with Gasteiger partial charge >= 0.3 is 0 Å². The second-order valence-corrected chi connectivity index (χ2v) is 7.31. The largest absolute Gasteiger partial charge is 0.356 e. The first-order valence-electron chi connectivity index (χ1n) is 6.76. The Balaban J connectivity index is 2.08. The number of sulfonamides is 1. The molecule has 0 aromatic carbocycles. The number of carbonyl (C=O) groups excluding carboxylic acids is 1. The number of nitrogens with zero attached hydrogens (tertiary/aromatic N) is 1. The van der Waals surface area contributed by atoms with Crippen LogP contribution in [-0.2, 0) is 10.0 Å². The smallest absolute Gasteiger partial charge is 0.270 e. The van der Waals surface area contributed by atoms with Crippen molar-refractivity contribution >= 4 is 15.9 Å². The molecule has 6 nitrogen and oxygen atoms in total. The molecule has 20 heavy (non-hydrogen) atoms. The van der Waals surface area contributed by atoms with Gasteiger partial charge in [-0.3, -0.25) is 4.79 Å². The van der Waals surface area contributed by atoms with E-state index in [0.717, 1.165) is 19.3 Å². The SMILES string of the molecule is CCC1(C)CCN(C(=O)c2cc(S(N)(=O)=O)c[nH]2)CC1. The highest BCUT2D eigenvalue weighted by atomic mass is 32.2. The van der Waals surface area contributed by atoms with Crippen LogP contribution in [0, 0.1) is 5.41 Å². The van der Waals surface area contributed by atoms with E-state index >= 15 is 0 Å². The van der Waals surface area contributed by atoms with Gasteiger partial charge in [-0.05, 0) is 24.3 Å². The molecule has 112 valence electrons. The quantitative estimate of drug-likeness (QED) is 0.880. The number of carbonyl (C=O) groups is 1. The number of nitrogens with one attached hydrogen (secondary N) is 1. The van der Waals surface area contributed by atoms with Crippen molar-refractivity contribution in [2.75, 3.05) is 13.1 Å². The number of likely N-dealkylation sites (tertiary alicyclic amines) is 1. The van der Waals surface area contributed by atoms with Gasteiger partial charge in [0.25, 0.3) is 5.91 Å². The Morgan fingerprint density at radius 1 is 1.45 bits per heavy atom. The fourth-order valence-electron chi connectivity index (χ4n) is 2.44. The van der Waals surface area contributed by atoms with E-state index in [1.807, 2.05) is 0 Å². The van der Waals surface area contributed by atoms with E-state index in [4.69, 9.17) is 5.14 Å². The van der Waals surface area contributed by atoms with Crippen molar-refractivity contribution in [1.29, 1.82) is 0 Å². The van der Waals surface area contributed by atoms with Crippen LogP contribution in [0.15, 0.2) is 17.2 Å². The van der Waals surface area contributed by atoms with Gasteiger partial charge in [-0.1, -0.05) is 20.3 Å². The Bertz CT molecular complexity index is 598. The van der Waals surface area contributed by atoms with Crippen molar-refractivity contribution < 1.29 is 13.2 Å². The molecule has 1 aromatic heterocycles. The lowest BCUT2D eigenvalue weighted by atomic mass is 9.78. The lowest BCUT2D eigenvalue weighted by Gasteiger charge is -2.38. The fourth-order valence-corrected chi connectivity index (χ4v) is 2.94. The Morgan fingerprint density at radius 2 is 2.05 bits per heavy atom. The van der Waals surface area contributed by atoms with Gasteiger partial charge in [-0.2, -0.15) is 0 Å². The summed E-state index contributed by atoms with van der Waals surface area (Å²) >= 11 is 0. The monoisotopic (exact) mass is 299 g/mol. The molecule has 2 heterocycles. The van der Waals surface area contributed by atoms with Crippen LogP contribution in [0.3, 0.4) is 0 Å². The lowest BCUT2D eigenvalue weighted by molar-refractivity contribution is 0.0595. The number of rotatable bonds is 3. The highest BCUT2D eigenvalue weighted by molar-refractivity contribution is 7.89. The van der Waals surface area contributed by atoms with Gasteiger partial charge < -0.3 is 9.88 Å². The van der Waals surface area contributed by atoms with E-state index in [2.05, 4.69) is 18.8 Å². The molecule has 1 amide bonds. The van der Waals surface area contributed by atoms with Gasteiger partial charge in [-0.15, -0.1) is 0 Å². The zero-order valence-corrected chi connectivity index (χ0v) is 12.7. The molecule has 1 fully saturated rings. The molecule has 3 N–H and O–H groups in total. The predicted octanol–water partition coefficient (Wildman–Crippen LogP) is 1.31. The van der Waals surface area contributed by atoms with Crippen LogP contribution < -0.4 is 5.14 Å². The number of aromatic amines is 1. The molecule has 0 spiro atoms. The van der Waals surface area contributed by atoms with E-state index < -0.39 is 10.0 Å². The Hall–Kier alpha value is -1.34. The molecule has 0 bridgehead atoms. The molecule has 2 rings (SSSR count). The van der Waals surface area contributed by atoms with Crippen LogP contribution >= 0.6 is 0 Å². The summed E-state index contributed by atoms with van der Waals surface area (Å²) in [7, 11) is -3.77. The Labute approximate surface area is 119 Å². The number of aromatic nitrogens is 1. The molecule has 0 unspecified atom stereocenters. The summed E-state index contributed by atoms with van der Waals surface area (Å²) in [5, 5.41) is 5.03. The second-order valence-electron chi connectivity index (χ2n) is 5.75. The summed E-state index contributed by atoms with van der Waals surface area (Å²) in [4.78, 5) is 16.7. The maximum absolute atomic E-state index is 12.3. The van der Waals surface area contributed by atoms with Crippen molar-refractivity contribution in [1.82, 2.24) is 9.88 Å². The molecular formula is C13H21N3O3S. The molecule has 7 heteroatoms. The molecular weight excluding hydrogens is 278 g/mol. The standard InChI is InChI=1S/C13H21N3O3S/c1-3-13(2)4-6-16(7-5-13)12(17)11-8-10(9-15-11)20(14,18)19/h8-9,15H,3-7H2,1-2H3,(H2,14,18,19). The van der Waals surface area contributed by atoms with Gasteiger partial charge in [0.05, 0.1) is 4.90 Å². The number of hydrogen-bond donors (Lipinski definition) is 2. The van der Waals surface area contributed by atoms with Crippen LogP contribution in [0.1, 0.15) is 43.6 Å². The third kappa shape index (κ3) is 3.04. The number of hydrogen-bond acceptors (Lipinski definition) is 3. The molecule has 0 saturated carbocycles. The summed E-state index contributed by atoms with van der Waals surface area (Å²) in [6.45, 7) is 5.81. The number of piperidine rings is 1. The average Bonchev–Trinajstić information content (AvgIpc) is 2.88. The minimum absolute atomic E-state index is 0.0590. The van der Waals surface area contributed by atoms with Crippen molar-refractivity contribution in [3.63, 3.8) is 0 Å². The number of amides is 1. The van der Waals surface area contributed by atoms with Crippen LogP contribution in [0.4, 0.5) is 0 Å². The maximum atomic E-state index is 12.3. The van der Waals surface area contributed by atoms with Gasteiger partial charge in [0, 0.05) is 19.3 Å². The summed E-state index contributed by atoms with van der Waals surface area (Å²) < 4.78 is 22.4. The molecule has 1 aliphatic heterocycles. The summed E-state index contributed by atoms with van der Waals surface area (Å²) in [5.74, 6) is -0.168. The summed E-state index contributed by atoms with van der Waals surface area (Å²) in [5.41, 5.74) is 0.576. The normalized spacial score (nSPS) is 19.1. The van der Waals surface area contributed by atoms with E-state index in [0.29, 0.717) is 18.5 Å². The minimum atomic E-state index is -3.77.